The Morgan fingerprint density at radius 1 is 0.316 bits per heavy atom. The SMILES string of the molecule is CC1(C)c2ccccc2-c2ccc(-c3nc(-c4ccc(-c5c6ccccc6cc6c5ccc5ccccc56)cc4)nc(-c4ccccc4-c4ccccc4)n3)cc21. The summed E-state index contributed by atoms with van der Waals surface area (Å²) in [6, 6.07) is 67.3. The van der Waals surface area contributed by atoms with Crippen molar-refractivity contribution in [3.8, 4) is 67.5 Å². The minimum absolute atomic E-state index is 0.144. The molecule has 9 aromatic carbocycles. The first kappa shape index (κ1) is 33.1. The number of nitrogens with zero attached hydrogens (tertiary/aromatic N) is 3. The molecule has 268 valence electrons. The van der Waals surface area contributed by atoms with Crippen LogP contribution in [0.5, 0.6) is 0 Å². The van der Waals surface area contributed by atoms with Crippen molar-refractivity contribution in [2.24, 2.45) is 0 Å². The van der Waals surface area contributed by atoms with E-state index < -0.39 is 0 Å². The number of hydrogen-bond donors (Lipinski definition) is 0. The van der Waals surface area contributed by atoms with Gasteiger partial charge in [-0.05, 0) is 89.0 Å². The molecule has 0 radical (unpaired) electrons. The summed E-state index contributed by atoms with van der Waals surface area (Å²) in [6.07, 6.45) is 0. The van der Waals surface area contributed by atoms with Crippen LogP contribution in [0.1, 0.15) is 25.0 Å². The maximum absolute atomic E-state index is 5.24. The molecule has 0 aliphatic heterocycles. The van der Waals surface area contributed by atoms with E-state index in [0.717, 1.165) is 33.4 Å². The molecule has 0 amide bonds. The predicted octanol–water partition coefficient (Wildman–Crippen LogP) is 14.0. The summed E-state index contributed by atoms with van der Waals surface area (Å²) in [5, 5.41) is 7.47. The van der Waals surface area contributed by atoms with Crippen molar-refractivity contribution in [3.63, 3.8) is 0 Å². The van der Waals surface area contributed by atoms with Crippen LogP contribution in [0.2, 0.25) is 0 Å². The Labute approximate surface area is 332 Å². The van der Waals surface area contributed by atoms with E-state index in [1.807, 2.05) is 6.07 Å². The van der Waals surface area contributed by atoms with Gasteiger partial charge in [-0.1, -0.05) is 190 Å². The highest BCUT2D eigenvalue weighted by molar-refractivity contribution is 6.20. The maximum atomic E-state index is 5.24. The molecule has 0 bridgehead atoms. The quantitative estimate of drug-likeness (QED) is 0.131. The van der Waals surface area contributed by atoms with E-state index in [1.165, 1.54) is 60.1 Å². The molecule has 1 aliphatic rings. The highest BCUT2D eigenvalue weighted by Gasteiger charge is 2.35. The number of rotatable bonds is 5. The smallest absolute Gasteiger partial charge is 0.164 e. The van der Waals surface area contributed by atoms with Crippen LogP contribution in [0.25, 0.3) is 99.9 Å². The van der Waals surface area contributed by atoms with Crippen LogP contribution in [0, 0.1) is 0 Å². The lowest BCUT2D eigenvalue weighted by molar-refractivity contribution is 0.660. The van der Waals surface area contributed by atoms with Gasteiger partial charge >= 0.3 is 0 Å². The summed E-state index contributed by atoms with van der Waals surface area (Å²) in [6.45, 7) is 4.62. The van der Waals surface area contributed by atoms with Crippen LogP contribution >= 0.6 is 0 Å². The molecule has 1 heterocycles. The average molecular weight is 728 g/mol. The van der Waals surface area contributed by atoms with Gasteiger partial charge in [0, 0.05) is 22.1 Å². The van der Waals surface area contributed by atoms with E-state index in [4.69, 9.17) is 15.0 Å². The van der Waals surface area contributed by atoms with Gasteiger partial charge in [-0.25, -0.2) is 15.0 Å². The Kier molecular flexibility index (Phi) is 7.52. The fourth-order valence-corrected chi connectivity index (χ4v) is 9.06. The predicted molar refractivity (Wildman–Crippen MR) is 237 cm³/mol. The van der Waals surface area contributed by atoms with Crippen LogP contribution in [0.15, 0.2) is 188 Å². The average Bonchev–Trinajstić information content (AvgIpc) is 3.51. The van der Waals surface area contributed by atoms with Crippen LogP contribution in [0.3, 0.4) is 0 Å². The third-order valence-electron chi connectivity index (χ3n) is 11.9. The zero-order chi connectivity index (χ0) is 38.1. The van der Waals surface area contributed by atoms with Crippen molar-refractivity contribution in [2.75, 3.05) is 0 Å². The Bertz CT molecular complexity index is 3200. The summed E-state index contributed by atoms with van der Waals surface area (Å²) in [5.41, 5.74) is 12.5. The van der Waals surface area contributed by atoms with Crippen molar-refractivity contribution in [2.45, 2.75) is 19.3 Å². The van der Waals surface area contributed by atoms with Gasteiger partial charge in [-0.15, -0.1) is 0 Å². The highest BCUT2D eigenvalue weighted by atomic mass is 15.0. The molecule has 1 aromatic heterocycles. The first-order valence-electron chi connectivity index (χ1n) is 19.6. The molecular formula is C54H37N3. The molecule has 0 spiro atoms. The van der Waals surface area contributed by atoms with Crippen molar-refractivity contribution in [1.82, 2.24) is 15.0 Å². The third-order valence-corrected chi connectivity index (χ3v) is 11.9. The molecule has 0 saturated carbocycles. The lowest BCUT2D eigenvalue weighted by Gasteiger charge is -2.21. The fraction of sp³-hybridized carbons (Fsp3) is 0.0556. The second kappa shape index (κ2) is 12.9. The normalized spacial score (nSPS) is 12.9. The minimum atomic E-state index is -0.144. The summed E-state index contributed by atoms with van der Waals surface area (Å²) < 4.78 is 0. The van der Waals surface area contributed by atoms with Gasteiger partial charge in [0.1, 0.15) is 0 Å². The Balaban J connectivity index is 1.09. The van der Waals surface area contributed by atoms with E-state index in [1.54, 1.807) is 0 Å². The van der Waals surface area contributed by atoms with E-state index in [2.05, 4.69) is 196 Å². The van der Waals surface area contributed by atoms with Crippen LogP contribution in [0.4, 0.5) is 0 Å². The maximum Gasteiger partial charge on any atom is 0.164 e. The Hall–Kier alpha value is -7.23. The summed E-state index contributed by atoms with van der Waals surface area (Å²) in [4.78, 5) is 15.7. The molecule has 3 nitrogen and oxygen atoms in total. The number of fused-ring (bicyclic) bond motifs is 7. The molecule has 0 N–H and O–H groups in total. The van der Waals surface area contributed by atoms with Gasteiger partial charge in [0.2, 0.25) is 0 Å². The molecule has 11 rings (SSSR count). The minimum Gasteiger partial charge on any atom is -0.208 e. The molecule has 0 saturated heterocycles. The van der Waals surface area contributed by atoms with Gasteiger partial charge in [0.15, 0.2) is 17.5 Å². The van der Waals surface area contributed by atoms with Gasteiger partial charge in [-0.3, -0.25) is 0 Å². The van der Waals surface area contributed by atoms with Crippen molar-refractivity contribution in [3.05, 3.63) is 199 Å². The Morgan fingerprint density at radius 3 is 1.70 bits per heavy atom. The molecule has 0 atom stereocenters. The van der Waals surface area contributed by atoms with Gasteiger partial charge in [0.25, 0.3) is 0 Å². The van der Waals surface area contributed by atoms with Crippen molar-refractivity contribution >= 4 is 32.3 Å². The van der Waals surface area contributed by atoms with Gasteiger partial charge in [-0.2, -0.15) is 0 Å². The molecule has 1 aliphatic carbocycles. The van der Waals surface area contributed by atoms with E-state index in [9.17, 15) is 0 Å². The second-order valence-electron chi connectivity index (χ2n) is 15.6. The molecular weight excluding hydrogens is 691 g/mol. The highest BCUT2D eigenvalue weighted by Crippen LogP contribution is 2.49. The van der Waals surface area contributed by atoms with Crippen LogP contribution in [-0.2, 0) is 5.41 Å². The first-order valence-corrected chi connectivity index (χ1v) is 19.6. The topological polar surface area (TPSA) is 38.7 Å². The van der Waals surface area contributed by atoms with Crippen molar-refractivity contribution in [1.29, 1.82) is 0 Å². The number of aromatic nitrogens is 3. The summed E-state index contributed by atoms with van der Waals surface area (Å²) in [7, 11) is 0. The zero-order valence-corrected chi connectivity index (χ0v) is 31.7. The van der Waals surface area contributed by atoms with Gasteiger partial charge < -0.3 is 0 Å². The molecule has 3 heteroatoms. The fourth-order valence-electron chi connectivity index (χ4n) is 9.06. The van der Waals surface area contributed by atoms with Crippen LogP contribution in [-0.4, -0.2) is 15.0 Å². The zero-order valence-electron chi connectivity index (χ0n) is 31.7. The lowest BCUT2D eigenvalue weighted by Crippen LogP contribution is -2.15. The van der Waals surface area contributed by atoms with Crippen molar-refractivity contribution < 1.29 is 0 Å². The van der Waals surface area contributed by atoms with E-state index in [-0.39, 0.29) is 5.41 Å². The monoisotopic (exact) mass is 727 g/mol. The van der Waals surface area contributed by atoms with Gasteiger partial charge in [0.05, 0.1) is 0 Å². The van der Waals surface area contributed by atoms with E-state index >= 15 is 0 Å². The molecule has 10 aromatic rings. The molecule has 0 unspecified atom stereocenters. The second-order valence-corrected chi connectivity index (χ2v) is 15.6. The molecule has 0 fully saturated rings. The van der Waals surface area contributed by atoms with Crippen LogP contribution < -0.4 is 0 Å². The standard InChI is InChI=1S/C54H37N3/c1-54(2)48-23-13-12-21-43(48)44-30-29-39(33-49(44)54)52-55-51(56-53(57-52)46-22-11-10-18-40(46)34-14-4-3-5-15-34)37-26-24-36(25-27-37)50-42-20-9-7-17-38(42)32-47-41-19-8-6-16-35(41)28-31-45(47)50/h3-33H,1-2H3. The summed E-state index contributed by atoms with van der Waals surface area (Å²) in [5.74, 6) is 1.94. The number of hydrogen-bond acceptors (Lipinski definition) is 3. The largest absolute Gasteiger partial charge is 0.208 e. The third kappa shape index (κ3) is 5.38. The van der Waals surface area contributed by atoms with E-state index in [0.29, 0.717) is 17.5 Å². The Morgan fingerprint density at radius 2 is 0.895 bits per heavy atom. The summed E-state index contributed by atoms with van der Waals surface area (Å²) >= 11 is 0. The number of benzene rings is 9. The first-order chi connectivity index (χ1) is 28.0. The lowest BCUT2D eigenvalue weighted by atomic mass is 9.82. The molecule has 57 heavy (non-hydrogen) atoms.